The van der Waals surface area contributed by atoms with Gasteiger partial charge in [-0.1, -0.05) is 0 Å². The second kappa shape index (κ2) is 6.61. The summed E-state index contributed by atoms with van der Waals surface area (Å²) in [6.45, 7) is 2.06. The number of rotatable bonds is 3. The molecule has 6 heteroatoms. The van der Waals surface area contributed by atoms with Gasteiger partial charge in [0, 0.05) is 19.5 Å². The molecule has 5 nitrogen and oxygen atoms in total. The molecule has 2 N–H and O–H groups in total. The SMILES string of the molecule is Cl.Cn1nccc1NC(=O)CC1CCNCC1. The van der Waals surface area contributed by atoms with E-state index >= 15 is 0 Å². The van der Waals surface area contributed by atoms with Crippen molar-refractivity contribution in [2.45, 2.75) is 19.3 Å². The number of amides is 1. The molecule has 0 aromatic carbocycles. The highest BCUT2D eigenvalue weighted by Crippen LogP contribution is 2.16. The molecule has 0 atom stereocenters. The molecule has 0 aliphatic carbocycles. The Balaban J connectivity index is 0.00000144. The fourth-order valence-corrected chi connectivity index (χ4v) is 2.04. The smallest absolute Gasteiger partial charge is 0.225 e. The van der Waals surface area contributed by atoms with E-state index in [4.69, 9.17) is 0 Å². The third kappa shape index (κ3) is 4.02. The van der Waals surface area contributed by atoms with Crippen LogP contribution in [-0.4, -0.2) is 28.8 Å². The van der Waals surface area contributed by atoms with Gasteiger partial charge in [-0.25, -0.2) is 0 Å². The molecule has 1 aliphatic heterocycles. The monoisotopic (exact) mass is 258 g/mol. The minimum atomic E-state index is 0. The van der Waals surface area contributed by atoms with E-state index in [-0.39, 0.29) is 18.3 Å². The quantitative estimate of drug-likeness (QED) is 0.856. The summed E-state index contributed by atoms with van der Waals surface area (Å²) in [6.07, 6.45) is 4.49. The molecule has 0 saturated carbocycles. The summed E-state index contributed by atoms with van der Waals surface area (Å²) in [7, 11) is 1.82. The maximum Gasteiger partial charge on any atom is 0.225 e. The number of carbonyl (C=O) groups excluding carboxylic acids is 1. The summed E-state index contributed by atoms with van der Waals surface area (Å²) in [4.78, 5) is 11.8. The second-order valence-corrected chi connectivity index (χ2v) is 4.29. The Morgan fingerprint density at radius 3 is 2.88 bits per heavy atom. The topological polar surface area (TPSA) is 59.0 Å². The minimum Gasteiger partial charge on any atom is -0.317 e. The minimum absolute atomic E-state index is 0. The van der Waals surface area contributed by atoms with Gasteiger partial charge in [0.05, 0.1) is 6.20 Å². The van der Waals surface area contributed by atoms with Crippen LogP contribution >= 0.6 is 12.4 Å². The molecule has 0 unspecified atom stereocenters. The van der Waals surface area contributed by atoms with Crippen LogP contribution in [0.15, 0.2) is 12.3 Å². The largest absolute Gasteiger partial charge is 0.317 e. The first-order valence-electron chi connectivity index (χ1n) is 5.74. The fourth-order valence-electron chi connectivity index (χ4n) is 2.04. The number of nitrogens with zero attached hydrogens (tertiary/aromatic N) is 2. The Hall–Kier alpha value is -1.07. The number of anilines is 1. The zero-order valence-corrected chi connectivity index (χ0v) is 10.8. The summed E-state index contributed by atoms with van der Waals surface area (Å²) < 4.78 is 1.67. The molecular weight excluding hydrogens is 240 g/mol. The van der Waals surface area contributed by atoms with Crippen molar-refractivity contribution in [3.8, 4) is 0 Å². The lowest BCUT2D eigenvalue weighted by molar-refractivity contribution is -0.117. The molecule has 2 rings (SSSR count). The van der Waals surface area contributed by atoms with Crippen LogP contribution in [0.1, 0.15) is 19.3 Å². The molecule has 1 aromatic heterocycles. The summed E-state index contributed by atoms with van der Waals surface area (Å²) >= 11 is 0. The maximum atomic E-state index is 11.8. The van der Waals surface area contributed by atoms with Gasteiger partial charge in [-0.05, 0) is 31.8 Å². The van der Waals surface area contributed by atoms with E-state index in [2.05, 4.69) is 15.7 Å². The van der Waals surface area contributed by atoms with Crippen molar-refractivity contribution in [3.05, 3.63) is 12.3 Å². The molecular formula is C11H19ClN4O. The predicted octanol–water partition coefficient (Wildman–Crippen LogP) is 1.17. The lowest BCUT2D eigenvalue weighted by Crippen LogP contribution is -2.30. The number of aryl methyl sites for hydroxylation is 1. The van der Waals surface area contributed by atoms with Crippen LogP contribution in [0.2, 0.25) is 0 Å². The Kier molecular flexibility index (Phi) is 5.44. The van der Waals surface area contributed by atoms with Crippen molar-refractivity contribution < 1.29 is 4.79 Å². The van der Waals surface area contributed by atoms with Crippen molar-refractivity contribution in [1.82, 2.24) is 15.1 Å². The van der Waals surface area contributed by atoms with Gasteiger partial charge in [0.1, 0.15) is 5.82 Å². The first-order valence-corrected chi connectivity index (χ1v) is 5.74. The Morgan fingerprint density at radius 1 is 1.59 bits per heavy atom. The zero-order chi connectivity index (χ0) is 11.4. The molecule has 1 aromatic rings. The highest BCUT2D eigenvalue weighted by molar-refractivity contribution is 5.89. The fraction of sp³-hybridized carbons (Fsp3) is 0.636. The zero-order valence-electron chi connectivity index (χ0n) is 9.98. The van der Waals surface area contributed by atoms with Crippen LogP contribution in [0, 0.1) is 5.92 Å². The van der Waals surface area contributed by atoms with Gasteiger partial charge in [-0.3, -0.25) is 9.48 Å². The Bertz CT molecular complexity index is 360. The average Bonchev–Trinajstić information content (AvgIpc) is 2.66. The third-order valence-electron chi connectivity index (χ3n) is 3.02. The number of halogens is 1. The average molecular weight is 259 g/mol. The highest BCUT2D eigenvalue weighted by Gasteiger charge is 2.17. The molecule has 1 saturated heterocycles. The van der Waals surface area contributed by atoms with E-state index in [9.17, 15) is 4.79 Å². The molecule has 1 fully saturated rings. The van der Waals surface area contributed by atoms with Crippen LogP contribution in [0.4, 0.5) is 5.82 Å². The Labute approximate surface area is 107 Å². The second-order valence-electron chi connectivity index (χ2n) is 4.29. The molecule has 1 aliphatic rings. The molecule has 2 heterocycles. The summed E-state index contributed by atoms with van der Waals surface area (Å²) in [6, 6.07) is 1.81. The number of hydrogen-bond donors (Lipinski definition) is 2. The lowest BCUT2D eigenvalue weighted by atomic mass is 9.94. The van der Waals surface area contributed by atoms with Gasteiger partial charge in [-0.15, -0.1) is 12.4 Å². The van der Waals surface area contributed by atoms with E-state index < -0.39 is 0 Å². The lowest BCUT2D eigenvalue weighted by Gasteiger charge is -2.21. The number of hydrogen-bond acceptors (Lipinski definition) is 3. The highest BCUT2D eigenvalue weighted by atomic mass is 35.5. The van der Waals surface area contributed by atoms with Gasteiger partial charge >= 0.3 is 0 Å². The maximum absolute atomic E-state index is 11.8. The molecule has 0 spiro atoms. The van der Waals surface area contributed by atoms with Crippen molar-refractivity contribution >= 4 is 24.1 Å². The van der Waals surface area contributed by atoms with Crippen molar-refractivity contribution in [3.63, 3.8) is 0 Å². The van der Waals surface area contributed by atoms with E-state index in [1.165, 1.54) is 0 Å². The van der Waals surface area contributed by atoms with E-state index in [1.54, 1.807) is 16.9 Å². The number of piperidine rings is 1. The third-order valence-corrected chi connectivity index (χ3v) is 3.02. The summed E-state index contributed by atoms with van der Waals surface area (Å²) in [5, 5.41) is 10.2. The molecule has 1 amide bonds. The first kappa shape index (κ1) is 14.0. The van der Waals surface area contributed by atoms with E-state index in [1.807, 2.05) is 7.05 Å². The number of carbonyl (C=O) groups is 1. The standard InChI is InChI=1S/C11H18N4O.ClH/c1-15-10(4-7-13-15)14-11(16)8-9-2-5-12-6-3-9;/h4,7,9,12H,2-3,5-6,8H2,1H3,(H,14,16);1H. The summed E-state index contributed by atoms with van der Waals surface area (Å²) in [5.74, 6) is 1.38. The van der Waals surface area contributed by atoms with Gasteiger partial charge < -0.3 is 10.6 Å². The van der Waals surface area contributed by atoms with Crippen LogP contribution in [0.25, 0.3) is 0 Å². The number of aromatic nitrogens is 2. The molecule has 0 radical (unpaired) electrons. The van der Waals surface area contributed by atoms with Crippen LogP contribution in [0.5, 0.6) is 0 Å². The van der Waals surface area contributed by atoms with Crippen LogP contribution < -0.4 is 10.6 Å². The van der Waals surface area contributed by atoms with Crippen molar-refractivity contribution in [1.29, 1.82) is 0 Å². The van der Waals surface area contributed by atoms with Gasteiger partial charge in [-0.2, -0.15) is 5.10 Å². The van der Waals surface area contributed by atoms with Crippen LogP contribution in [0.3, 0.4) is 0 Å². The van der Waals surface area contributed by atoms with Crippen molar-refractivity contribution in [2.24, 2.45) is 13.0 Å². The van der Waals surface area contributed by atoms with Crippen molar-refractivity contribution in [2.75, 3.05) is 18.4 Å². The normalized spacial score (nSPS) is 16.3. The van der Waals surface area contributed by atoms with E-state index in [0.717, 1.165) is 31.7 Å². The Morgan fingerprint density at radius 2 is 2.29 bits per heavy atom. The predicted molar refractivity (Wildman–Crippen MR) is 69.3 cm³/mol. The molecule has 17 heavy (non-hydrogen) atoms. The molecule has 0 bridgehead atoms. The molecule has 96 valence electrons. The number of nitrogens with one attached hydrogen (secondary N) is 2. The van der Waals surface area contributed by atoms with Gasteiger partial charge in [0.25, 0.3) is 0 Å². The first-order chi connectivity index (χ1) is 7.75. The van der Waals surface area contributed by atoms with Crippen LogP contribution in [-0.2, 0) is 11.8 Å². The summed E-state index contributed by atoms with van der Waals surface area (Å²) in [5.41, 5.74) is 0. The van der Waals surface area contributed by atoms with Gasteiger partial charge in [0.15, 0.2) is 0 Å². The van der Waals surface area contributed by atoms with E-state index in [0.29, 0.717) is 12.3 Å². The van der Waals surface area contributed by atoms with Gasteiger partial charge in [0.2, 0.25) is 5.91 Å².